The van der Waals surface area contributed by atoms with E-state index in [0.717, 1.165) is 6.42 Å². The molecule has 0 N–H and O–H groups in total. The summed E-state index contributed by atoms with van der Waals surface area (Å²) in [6.45, 7) is 6.57. The van der Waals surface area contributed by atoms with E-state index in [0.29, 0.717) is 0 Å². The van der Waals surface area contributed by atoms with E-state index in [-0.39, 0.29) is 0 Å². The summed E-state index contributed by atoms with van der Waals surface area (Å²) in [5.41, 5.74) is 7.02. The van der Waals surface area contributed by atoms with Crippen LogP contribution in [-0.2, 0) is 11.0 Å². The molecule has 0 aliphatic carbocycles. The minimum atomic E-state index is 1.04. The third-order valence-corrected chi connectivity index (χ3v) is 3.06. The van der Waals surface area contributed by atoms with Crippen LogP contribution in [-0.4, -0.2) is 0 Å². The molecule has 18 heavy (non-hydrogen) atoms. The first kappa shape index (κ1) is 14.6. The lowest BCUT2D eigenvalue weighted by Crippen LogP contribution is -1.96. The van der Waals surface area contributed by atoms with Gasteiger partial charge in [-0.15, -0.1) is 0 Å². The molecule has 2 aromatic carbocycles. The number of hydrogen-bond donors (Lipinski definition) is 0. The van der Waals surface area contributed by atoms with E-state index in [4.69, 9.17) is 4.57 Å². The fraction of sp³-hybridized carbons (Fsp3) is 0.250. The van der Waals surface area contributed by atoms with Gasteiger partial charge in [0.15, 0.2) is 0 Å². The fourth-order valence-corrected chi connectivity index (χ4v) is 2.29. The molecule has 94 valence electrons. The summed E-state index contributed by atoms with van der Waals surface area (Å²) in [6.07, 6.45) is 1.04. The average Bonchev–Trinajstić information content (AvgIpc) is 2.37. The molecule has 0 radical (unpaired) electrons. The summed E-state index contributed by atoms with van der Waals surface area (Å²) in [5, 5.41) is 0. The number of rotatable bonds is 2. The van der Waals surface area contributed by atoms with Crippen LogP contribution in [0.4, 0.5) is 0 Å². The molecule has 0 saturated carbocycles. The Labute approximate surface area is 111 Å². The van der Waals surface area contributed by atoms with Gasteiger partial charge in [0.2, 0.25) is 0 Å². The van der Waals surface area contributed by atoms with Crippen LogP contribution in [0.25, 0.3) is 0 Å². The molecule has 0 bridgehead atoms. The van der Waals surface area contributed by atoms with E-state index in [9.17, 15) is 0 Å². The maximum Gasteiger partial charge on any atom is 0.310 e. The first-order valence-corrected chi connectivity index (χ1v) is 6.48. The minimum Gasteiger partial charge on any atom is -0.0801 e. The standard InChI is InChI=1S/C16H18.H2OP/c1-12-9-13(2)16(14(3)10-12)11-15-7-5-4-6-8-15;1-2/h4-10H,11H2,1-3H3;2H2/q;+1. The molecular formula is C16H20OP+. The van der Waals surface area contributed by atoms with Crippen LogP contribution >= 0.6 is 9.12 Å². The molecule has 1 atom stereocenters. The van der Waals surface area contributed by atoms with Gasteiger partial charge in [0.1, 0.15) is 0 Å². The zero-order chi connectivity index (χ0) is 13.5. The van der Waals surface area contributed by atoms with Gasteiger partial charge in [0.05, 0.1) is 0 Å². The van der Waals surface area contributed by atoms with Crippen molar-refractivity contribution in [2.75, 3.05) is 0 Å². The predicted molar refractivity (Wildman–Crippen MR) is 80.3 cm³/mol. The van der Waals surface area contributed by atoms with E-state index in [1.807, 2.05) is 0 Å². The highest BCUT2D eigenvalue weighted by Crippen LogP contribution is 2.19. The van der Waals surface area contributed by atoms with Crippen LogP contribution < -0.4 is 0 Å². The van der Waals surface area contributed by atoms with Crippen molar-refractivity contribution >= 4 is 9.12 Å². The first-order valence-electron chi connectivity index (χ1n) is 6.01. The maximum absolute atomic E-state index is 8.17. The van der Waals surface area contributed by atoms with E-state index in [1.54, 1.807) is 0 Å². The van der Waals surface area contributed by atoms with E-state index in [2.05, 4.69) is 63.2 Å². The highest BCUT2D eigenvalue weighted by molar-refractivity contribution is 7.00. The SMILES string of the molecule is Cc1cc(C)c(Cc2ccccc2)c(C)c1.O=[PH2+]. The Balaban J connectivity index is 0.000000771. The van der Waals surface area contributed by atoms with Crippen LogP contribution in [0.2, 0.25) is 0 Å². The van der Waals surface area contributed by atoms with Gasteiger partial charge in [-0.2, -0.15) is 0 Å². The topological polar surface area (TPSA) is 17.1 Å². The van der Waals surface area contributed by atoms with Crippen molar-refractivity contribution < 1.29 is 4.57 Å². The Hall–Kier alpha value is -1.46. The lowest BCUT2D eigenvalue weighted by Gasteiger charge is -2.11. The third kappa shape index (κ3) is 3.78. The molecule has 2 aromatic rings. The molecule has 2 rings (SSSR count). The first-order chi connectivity index (χ1) is 8.66. The van der Waals surface area contributed by atoms with Crippen molar-refractivity contribution in [1.82, 2.24) is 0 Å². The zero-order valence-electron chi connectivity index (χ0n) is 11.2. The normalized spacial score (nSPS) is 9.50. The molecule has 1 nitrogen and oxygen atoms in total. The maximum atomic E-state index is 8.17. The molecule has 0 saturated heterocycles. The average molecular weight is 259 g/mol. The summed E-state index contributed by atoms with van der Waals surface area (Å²) in [5.74, 6) is 0. The second kappa shape index (κ2) is 7.08. The van der Waals surface area contributed by atoms with Gasteiger partial charge >= 0.3 is 9.12 Å². The Morgan fingerprint density at radius 1 is 0.889 bits per heavy atom. The molecule has 0 spiro atoms. The van der Waals surface area contributed by atoms with Crippen molar-refractivity contribution in [3.05, 3.63) is 70.3 Å². The Morgan fingerprint density at radius 3 is 1.89 bits per heavy atom. The Kier molecular flexibility index (Phi) is 5.74. The Morgan fingerprint density at radius 2 is 1.39 bits per heavy atom. The monoisotopic (exact) mass is 259 g/mol. The molecule has 0 fully saturated rings. The van der Waals surface area contributed by atoms with Crippen LogP contribution in [0.5, 0.6) is 0 Å². The number of hydrogen-bond acceptors (Lipinski definition) is 1. The van der Waals surface area contributed by atoms with Crippen LogP contribution in [0.1, 0.15) is 27.8 Å². The van der Waals surface area contributed by atoms with Crippen LogP contribution in [0.3, 0.4) is 0 Å². The highest BCUT2D eigenvalue weighted by Gasteiger charge is 2.04. The summed E-state index contributed by atoms with van der Waals surface area (Å²) >= 11 is 0. The van der Waals surface area contributed by atoms with Gasteiger partial charge in [0.25, 0.3) is 0 Å². The van der Waals surface area contributed by atoms with Crippen molar-refractivity contribution in [1.29, 1.82) is 0 Å². The predicted octanol–water partition coefficient (Wildman–Crippen LogP) is 4.41. The second-order valence-corrected chi connectivity index (χ2v) is 4.54. The fourth-order valence-electron chi connectivity index (χ4n) is 2.29. The molecule has 0 heterocycles. The van der Waals surface area contributed by atoms with Crippen molar-refractivity contribution in [2.45, 2.75) is 27.2 Å². The molecular weight excluding hydrogens is 239 g/mol. The molecule has 1 unspecified atom stereocenters. The number of benzene rings is 2. The van der Waals surface area contributed by atoms with Crippen molar-refractivity contribution in [3.63, 3.8) is 0 Å². The van der Waals surface area contributed by atoms with E-state index in [1.165, 1.54) is 36.9 Å². The second-order valence-electron chi connectivity index (χ2n) is 4.54. The van der Waals surface area contributed by atoms with E-state index < -0.39 is 0 Å². The number of aryl methyl sites for hydroxylation is 3. The highest BCUT2D eigenvalue weighted by atomic mass is 31.0. The minimum absolute atomic E-state index is 1.04. The molecule has 0 aromatic heterocycles. The molecule has 0 aliphatic rings. The summed E-state index contributed by atoms with van der Waals surface area (Å²) in [7, 11) is 1.17. The van der Waals surface area contributed by atoms with Gasteiger partial charge in [-0.3, -0.25) is 0 Å². The van der Waals surface area contributed by atoms with Gasteiger partial charge in [0, 0.05) is 0 Å². The van der Waals surface area contributed by atoms with Gasteiger partial charge in [-0.25, -0.2) is 0 Å². The van der Waals surface area contributed by atoms with Crippen LogP contribution in [0, 0.1) is 20.8 Å². The largest absolute Gasteiger partial charge is 0.310 e. The lowest BCUT2D eigenvalue weighted by atomic mass is 9.94. The Bertz CT molecular complexity index is 483. The van der Waals surface area contributed by atoms with Gasteiger partial charge < -0.3 is 0 Å². The molecule has 2 heteroatoms. The van der Waals surface area contributed by atoms with Crippen molar-refractivity contribution in [3.8, 4) is 0 Å². The van der Waals surface area contributed by atoms with Crippen molar-refractivity contribution in [2.24, 2.45) is 0 Å². The zero-order valence-corrected chi connectivity index (χ0v) is 12.4. The lowest BCUT2D eigenvalue weighted by molar-refractivity contribution is 0.607. The summed E-state index contributed by atoms with van der Waals surface area (Å²) in [6, 6.07) is 15.2. The van der Waals surface area contributed by atoms with Gasteiger partial charge in [-0.1, -0.05) is 52.6 Å². The third-order valence-electron chi connectivity index (χ3n) is 3.06. The summed E-state index contributed by atoms with van der Waals surface area (Å²) < 4.78 is 8.17. The molecule has 0 aliphatic heterocycles. The van der Waals surface area contributed by atoms with Crippen LogP contribution in [0.15, 0.2) is 42.5 Å². The molecule has 0 amide bonds. The summed E-state index contributed by atoms with van der Waals surface area (Å²) in [4.78, 5) is 0. The van der Waals surface area contributed by atoms with E-state index >= 15 is 0 Å². The van der Waals surface area contributed by atoms with Gasteiger partial charge in [-0.05, 0) is 49.4 Å². The quantitative estimate of drug-likeness (QED) is 0.730. The smallest absolute Gasteiger partial charge is 0.0801 e.